The third kappa shape index (κ3) is 6.40. The number of hydrogen-bond acceptors (Lipinski definition) is 3. The number of nitrogens with zero attached hydrogens (tertiary/aromatic N) is 1. The molecule has 0 spiro atoms. The van der Waals surface area contributed by atoms with Gasteiger partial charge in [-0.1, -0.05) is 12.5 Å². The van der Waals surface area contributed by atoms with Crippen LogP contribution in [0.3, 0.4) is 0 Å². The predicted molar refractivity (Wildman–Crippen MR) is 92.6 cm³/mol. The molecule has 0 aromatic heterocycles. The van der Waals surface area contributed by atoms with E-state index in [2.05, 4.69) is 15.5 Å². The second-order valence-electron chi connectivity index (χ2n) is 6.13. The molecule has 0 unspecified atom stereocenters. The molecule has 1 heterocycles. The summed E-state index contributed by atoms with van der Waals surface area (Å²) < 4.78 is 0. The molecule has 5 nitrogen and oxygen atoms in total. The first-order valence-electron chi connectivity index (χ1n) is 8.53. The van der Waals surface area contributed by atoms with Crippen LogP contribution in [0.25, 0.3) is 0 Å². The Morgan fingerprint density at radius 3 is 2.65 bits per heavy atom. The minimum absolute atomic E-state index is 0.0878. The third-order valence-electron chi connectivity index (χ3n) is 4.08. The van der Waals surface area contributed by atoms with Gasteiger partial charge in [-0.25, -0.2) is 0 Å². The summed E-state index contributed by atoms with van der Waals surface area (Å²) in [5, 5.41) is 5.64. The third-order valence-corrected chi connectivity index (χ3v) is 4.08. The molecule has 2 N–H and O–H groups in total. The van der Waals surface area contributed by atoms with Gasteiger partial charge in [-0.05, 0) is 63.5 Å². The Labute approximate surface area is 138 Å². The summed E-state index contributed by atoms with van der Waals surface area (Å²) >= 11 is 0. The van der Waals surface area contributed by atoms with Crippen molar-refractivity contribution >= 4 is 17.5 Å². The number of carbonyl (C=O) groups is 2. The van der Waals surface area contributed by atoms with Gasteiger partial charge in [0, 0.05) is 24.7 Å². The number of unbranched alkanes of at least 4 members (excludes halogenated alkanes) is 1. The number of hydrogen-bond donors (Lipinski definition) is 2. The van der Waals surface area contributed by atoms with Gasteiger partial charge in [0.2, 0.25) is 5.91 Å². The van der Waals surface area contributed by atoms with Crippen molar-refractivity contribution in [3.63, 3.8) is 0 Å². The molecule has 2 rings (SSSR count). The van der Waals surface area contributed by atoms with Crippen LogP contribution in [-0.4, -0.2) is 42.9 Å². The maximum atomic E-state index is 12.1. The zero-order chi connectivity index (χ0) is 16.5. The topological polar surface area (TPSA) is 61.4 Å². The Hall–Kier alpha value is -1.88. The number of nitrogens with one attached hydrogen (secondary N) is 2. The number of benzene rings is 1. The van der Waals surface area contributed by atoms with Crippen LogP contribution in [0.15, 0.2) is 24.3 Å². The lowest BCUT2D eigenvalue weighted by atomic mass is 10.1. The second-order valence-corrected chi connectivity index (χ2v) is 6.13. The number of rotatable bonds is 7. The maximum absolute atomic E-state index is 12.1. The van der Waals surface area contributed by atoms with Crippen molar-refractivity contribution in [2.45, 2.75) is 39.0 Å². The lowest BCUT2D eigenvalue weighted by Crippen LogP contribution is -2.31. The first-order chi connectivity index (χ1) is 11.1. The highest BCUT2D eigenvalue weighted by atomic mass is 16.2. The first kappa shape index (κ1) is 17.5. The SMILES string of the molecule is CC(=O)Nc1cccc(C(=O)NCCCCN2CCCCC2)c1. The summed E-state index contributed by atoms with van der Waals surface area (Å²) in [6.07, 6.45) is 6.12. The van der Waals surface area contributed by atoms with Crippen LogP contribution in [0.5, 0.6) is 0 Å². The monoisotopic (exact) mass is 317 g/mol. The highest BCUT2D eigenvalue weighted by molar-refractivity contribution is 5.96. The van der Waals surface area contributed by atoms with Crippen molar-refractivity contribution in [3.05, 3.63) is 29.8 Å². The average molecular weight is 317 g/mol. The largest absolute Gasteiger partial charge is 0.352 e. The number of amides is 2. The molecule has 5 heteroatoms. The smallest absolute Gasteiger partial charge is 0.251 e. The molecule has 0 aliphatic carbocycles. The van der Waals surface area contributed by atoms with E-state index in [1.807, 2.05) is 0 Å². The van der Waals surface area contributed by atoms with E-state index in [4.69, 9.17) is 0 Å². The van der Waals surface area contributed by atoms with Gasteiger partial charge in [0.05, 0.1) is 0 Å². The van der Waals surface area contributed by atoms with Crippen LogP contribution < -0.4 is 10.6 Å². The molecule has 1 aliphatic rings. The highest BCUT2D eigenvalue weighted by Crippen LogP contribution is 2.11. The molecular weight excluding hydrogens is 290 g/mol. The number of piperidine rings is 1. The van der Waals surface area contributed by atoms with E-state index < -0.39 is 0 Å². The molecule has 0 atom stereocenters. The van der Waals surface area contributed by atoms with Crippen LogP contribution >= 0.6 is 0 Å². The number of anilines is 1. The van der Waals surface area contributed by atoms with Crippen LogP contribution in [0.4, 0.5) is 5.69 Å². The summed E-state index contributed by atoms with van der Waals surface area (Å²) in [7, 11) is 0. The molecule has 2 amide bonds. The number of likely N-dealkylation sites (tertiary alicyclic amines) is 1. The molecule has 1 aromatic rings. The molecule has 0 radical (unpaired) electrons. The van der Waals surface area contributed by atoms with Crippen LogP contribution in [0.1, 0.15) is 49.4 Å². The van der Waals surface area contributed by atoms with Gasteiger partial charge in [-0.2, -0.15) is 0 Å². The molecule has 126 valence electrons. The fourth-order valence-electron chi connectivity index (χ4n) is 2.89. The van der Waals surface area contributed by atoms with Gasteiger partial charge in [0.25, 0.3) is 5.91 Å². The van der Waals surface area contributed by atoms with Gasteiger partial charge in [0.1, 0.15) is 0 Å². The normalized spacial score (nSPS) is 15.2. The molecule has 1 aliphatic heterocycles. The van der Waals surface area contributed by atoms with E-state index in [0.717, 1.165) is 19.4 Å². The first-order valence-corrected chi connectivity index (χ1v) is 8.53. The van der Waals surface area contributed by atoms with Gasteiger partial charge in [-0.15, -0.1) is 0 Å². The van der Waals surface area contributed by atoms with Crippen LogP contribution in [0.2, 0.25) is 0 Å². The van der Waals surface area contributed by atoms with E-state index >= 15 is 0 Å². The van der Waals surface area contributed by atoms with E-state index in [0.29, 0.717) is 17.8 Å². The minimum Gasteiger partial charge on any atom is -0.352 e. The van der Waals surface area contributed by atoms with Crippen LogP contribution in [0, 0.1) is 0 Å². The summed E-state index contributed by atoms with van der Waals surface area (Å²) in [6.45, 7) is 5.73. The summed E-state index contributed by atoms with van der Waals surface area (Å²) in [5.41, 5.74) is 1.22. The Bertz CT molecular complexity index is 525. The minimum atomic E-state index is -0.139. The summed E-state index contributed by atoms with van der Waals surface area (Å²) in [5.74, 6) is -0.226. The molecule has 0 saturated carbocycles. The van der Waals surface area contributed by atoms with Crippen molar-refractivity contribution in [1.29, 1.82) is 0 Å². The van der Waals surface area contributed by atoms with E-state index in [1.54, 1.807) is 24.3 Å². The standard InChI is InChI=1S/C18H27N3O2/c1-15(22)20-17-9-7-8-16(14-17)18(23)19-10-3-6-13-21-11-4-2-5-12-21/h7-9,14H,2-6,10-13H2,1H3,(H,19,23)(H,20,22). The average Bonchev–Trinajstić information content (AvgIpc) is 2.55. The molecule has 0 bridgehead atoms. The van der Waals surface area contributed by atoms with Crippen molar-refractivity contribution in [3.8, 4) is 0 Å². The Morgan fingerprint density at radius 1 is 1.13 bits per heavy atom. The highest BCUT2D eigenvalue weighted by Gasteiger charge is 2.09. The Balaban J connectivity index is 1.67. The zero-order valence-corrected chi connectivity index (χ0v) is 13.9. The van der Waals surface area contributed by atoms with Crippen LogP contribution in [-0.2, 0) is 4.79 Å². The second kappa shape index (κ2) is 9.30. The molecule has 1 aromatic carbocycles. The van der Waals surface area contributed by atoms with Gasteiger partial charge >= 0.3 is 0 Å². The molecular formula is C18H27N3O2. The van der Waals surface area contributed by atoms with Gasteiger partial charge in [-0.3, -0.25) is 9.59 Å². The predicted octanol–water partition coefficient (Wildman–Crippen LogP) is 2.64. The number of carbonyl (C=O) groups excluding carboxylic acids is 2. The van der Waals surface area contributed by atoms with E-state index in [9.17, 15) is 9.59 Å². The Morgan fingerprint density at radius 2 is 1.91 bits per heavy atom. The molecule has 1 saturated heterocycles. The van der Waals surface area contributed by atoms with E-state index in [1.165, 1.54) is 39.3 Å². The lowest BCUT2D eigenvalue weighted by molar-refractivity contribution is -0.114. The van der Waals surface area contributed by atoms with E-state index in [-0.39, 0.29) is 11.8 Å². The van der Waals surface area contributed by atoms with Crippen molar-refractivity contribution < 1.29 is 9.59 Å². The maximum Gasteiger partial charge on any atom is 0.251 e. The Kier molecular flexibility index (Phi) is 7.07. The van der Waals surface area contributed by atoms with Gasteiger partial charge in [0.15, 0.2) is 0 Å². The quantitative estimate of drug-likeness (QED) is 0.760. The fraction of sp³-hybridized carbons (Fsp3) is 0.556. The fourth-order valence-corrected chi connectivity index (χ4v) is 2.89. The molecule has 1 fully saturated rings. The zero-order valence-electron chi connectivity index (χ0n) is 13.9. The summed E-state index contributed by atoms with van der Waals surface area (Å²) in [4.78, 5) is 25.7. The van der Waals surface area contributed by atoms with Crippen molar-refractivity contribution in [1.82, 2.24) is 10.2 Å². The lowest BCUT2D eigenvalue weighted by Gasteiger charge is -2.26. The van der Waals surface area contributed by atoms with Crippen molar-refractivity contribution in [2.75, 3.05) is 31.5 Å². The van der Waals surface area contributed by atoms with Gasteiger partial charge < -0.3 is 15.5 Å². The van der Waals surface area contributed by atoms with Crippen molar-refractivity contribution in [2.24, 2.45) is 0 Å². The molecule has 23 heavy (non-hydrogen) atoms. The summed E-state index contributed by atoms with van der Waals surface area (Å²) in [6, 6.07) is 7.01.